The van der Waals surface area contributed by atoms with Crippen LogP contribution in [0.25, 0.3) is 0 Å². The Morgan fingerprint density at radius 1 is 1.30 bits per heavy atom. The number of para-hydroxylation sites is 1. The molecule has 8 heteroatoms. The molecule has 1 fully saturated rings. The molecule has 0 saturated carbocycles. The summed E-state index contributed by atoms with van der Waals surface area (Å²) in [5, 5.41) is 11.1. The van der Waals surface area contributed by atoms with Crippen LogP contribution < -0.4 is 9.64 Å². The number of aldehydes is 1. The second kappa shape index (κ2) is 7.36. The molecule has 0 aromatic heterocycles. The molecule has 0 unspecified atom stereocenters. The number of rotatable bonds is 5. The number of nitrogens with zero attached hydrogens (tertiary/aromatic N) is 2. The average molecular weight is 368 g/mol. The molecule has 1 amide bonds. The molecule has 2 aromatic rings. The van der Waals surface area contributed by atoms with Gasteiger partial charge in [0.1, 0.15) is 5.75 Å². The van der Waals surface area contributed by atoms with Crippen molar-refractivity contribution >= 4 is 29.5 Å². The molecule has 8 nitrogen and oxygen atoms in total. The van der Waals surface area contributed by atoms with Gasteiger partial charge in [0.15, 0.2) is 6.29 Å². The van der Waals surface area contributed by atoms with E-state index >= 15 is 0 Å². The van der Waals surface area contributed by atoms with Gasteiger partial charge in [0.25, 0.3) is 5.69 Å². The van der Waals surface area contributed by atoms with Crippen LogP contribution in [0.3, 0.4) is 0 Å². The summed E-state index contributed by atoms with van der Waals surface area (Å²) < 4.78 is 5.28. The van der Waals surface area contributed by atoms with Gasteiger partial charge in [0.05, 0.1) is 22.1 Å². The fourth-order valence-corrected chi connectivity index (χ4v) is 2.94. The molecule has 0 N–H and O–H groups in total. The molecule has 1 aliphatic rings. The summed E-state index contributed by atoms with van der Waals surface area (Å²) in [6.07, 6.45) is 0.518. The van der Waals surface area contributed by atoms with Gasteiger partial charge in [-0.15, -0.1) is 0 Å². The summed E-state index contributed by atoms with van der Waals surface area (Å²) >= 11 is 0. The van der Waals surface area contributed by atoms with Crippen LogP contribution in [0, 0.1) is 23.0 Å². The number of anilines is 1. The van der Waals surface area contributed by atoms with E-state index in [0.717, 1.165) is 0 Å². The lowest BCUT2D eigenvalue weighted by atomic mass is 10.1. The summed E-state index contributed by atoms with van der Waals surface area (Å²) in [5.74, 6) is -1.53. The van der Waals surface area contributed by atoms with Crippen molar-refractivity contribution in [2.45, 2.75) is 13.3 Å². The van der Waals surface area contributed by atoms with Crippen LogP contribution in [-0.4, -0.2) is 29.6 Å². The van der Waals surface area contributed by atoms with E-state index in [0.29, 0.717) is 17.5 Å². The van der Waals surface area contributed by atoms with Crippen LogP contribution in [-0.2, 0) is 9.59 Å². The van der Waals surface area contributed by atoms with Gasteiger partial charge >= 0.3 is 5.97 Å². The Kier molecular flexibility index (Phi) is 4.98. The van der Waals surface area contributed by atoms with Gasteiger partial charge < -0.3 is 9.64 Å². The minimum absolute atomic E-state index is 0.0567. The molecule has 0 aliphatic carbocycles. The van der Waals surface area contributed by atoms with Crippen LogP contribution in [0.1, 0.15) is 22.3 Å². The largest absolute Gasteiger partial charge is 0.425 e. The molecule has 0 radical (unpaired) electrons. The third kappa shape index (κ3) is 3.69. The normalized spacial score (nSPS) is 16.3. The molecule has 3 rings (SSSR count). The van der Waals surface area contributed by atoms with Crippen LogP contribution >= 0.6 is 0 Å². The van der Waals surface area contributed by atoms with E-state index < -0.39 is 16.8 Å². The van der Waals surface area contributed by atoms with Gasteiger partial charge in [-0.25, -0.2) is 0 Å². The fraction of sp³-hybridized carbons (Fsp3) is 0.211. The first-order valence-electron chi connectivity index (χ1n) is 8.22. The van der Waals surface area contributed by atoms with Crippen molar-refractivity contribution in [2.75, 3.05) is 11.4 Å². The monoisotopic (exact) mass is 368 g/mol. The van der Waals surface area contributed by atoms with E-state index in [-0.39, 0.29) is 35.9 Å². The summed E-state index contributed by atoms with van der Waals surface area (Å²) in [6.45, 7) is 1.67. The first-order valence-corrected chi connectivity index (χ1v) is 8.22. The zero-order valence-electron chi connectivity index (χ0n) is 14.5. The van der Waals surface area contributed by atoms with E-state index in [2.05, 4.69) is 0 Å². The first-order chi connectivity index (χ1) is 12.9. The Balaban J connectivity index is 1.77. The highest BCUT2D eigenvalue weighted by Crippen LogP contribution is 2.30. The van der Waals surface area contributed by atoms with Crippen LogP contribution in [0.4, 0.5) is 11.4 Å². The highest BCUT2D eigenvalue weighted by Gasteiger charge is 2.37. The van der Waals surface area contributed by atoms with Crippen LogP contribution in [0.2, 0.25) is 0 Å². The maximum absolute atomic E-state index is 12.4. The number of esters is 1. The maximum Gasteiger partial charge on any atom is 0.316 e. The molecule has 0 bridgehead atoms. The highest BCUT2D eigenvalue weighted by molar-refractivity contribution is 6.00. The Hall–Kier alpha value is -3.55. The van der Waals surface area contributed by atoms with Crippen molar-refractivity contribution in [3.63, 3.8) is 0 Å². The second-order valence-corrected chi connectivity index (χ2v) is 6.21. The zero-order valence-corrected chi connectivity index (χ0v) is 14.5. The van der Waals surface area contributed by atoms with Crippen molar-refractivity contribution in [2.24, 2.45) is 5.92 Å². The lowest BCUT2D eigenvalue weighted by molar-refractivity contribution is -0.385. The minimum Gasteiger partial charge on any atom is -0.425 e. The topological polar surface area (TPSA) is 107 Å². The molecule has 27 heavy (non-hydrogen) atoms. The van der Waals surface area contributed by atoms with Gasteiger partial charge in [-0.05, 0) is 25.1 Å². The van der Waals surface area contributed by atoms with Gasteiger partial charge in [-0.2, -0.15) is 0 Å². The standard InChI is InChI=1S/C19H16N2O6/c1-12-6-7-15(9-16(12)21(25)26)20-10-14(8-18(20)23)19(24)27-17-5-3-2-4-13(17)11-22/h2-7,9,11,14H,8,10H2,1H3/t14-/m1/s1. The summed E-state index contributed by atoms with van der Waals surface area (Å²) in [4.78, 5) is 47.7. The third-order valence-electron chi connectivity index (χ3n) is 4.42. The van der Waals surface area contributed by atoms with Crippen molar-refractivity contribution in [1.29, 1.82) is 0 Å². The number of benzene rings is 2. The van der Waals surface area contributed by atoms with Gasteiger partial charge in [-0.3, -0.25) is 24.5 Å². The molecule has 1 saturated heterocycles. The van der Waals surface area contributed by atoms with E-state index in [4.69, 9.17) is 4.74 Å². The van der Waals surface area contributed by atoms with Crippen molar-refractivity contribution in [3.05, 3.63) is 63.7 Å². The maximum atomic E-state index is 12.4. The van der Waals surface area contributed by atoms with Crippen LogP contribution in [0.15, 0.2) is 42.5 Å². The predicted octanol–water partition coefficient (Wildman–Crippen LogP) is 2.67. The molecule has 1 atom stereocenters. The number of hydrogen-bond donors (Lipinski definition) is 0. The number of hydrogen-bond acceptors (Lipinski definition) is 6. The number of ether oxygens (including phenoxy) is 1. The molecule has 138 valence electrons. The number of carbonyl (C=O) groups excluding carboxylic acids is 3. The number of carbonyl (C=O) groups is 3. The van der Waals surface area contributed by atoms with E-state index in [9.17, 15) is 24.5 Å². The molecule has 0 spiro atoms. The Bertz CT molecular complexity index is 940. The molecule has 1 aliphatic heterocycles. The lowest BCUT2D eigenvalue weighted by Crippen LogP contribution is -2.27. The smallest absolute Gasteiger partial charge is 0.316 e. The fourth-order valence-electron chi connectivity index (χ4n) is 2.94. The Labute approximate surface area is 154 Å². The van der Waals surface area contributed by atoms with Crippen LogP contribution in [0.5, 0.6) is 5.75 Å². The number of nitro groups is 1. The third-order valence-corrected chi connectivity index (χ3v) is 4.42. The van der Waals surface area contributed by atoms with E-state index in [1.165, 1.54) is 23.1 Å². The van der Waals surface area contributed by atoms with Crippen molar-refractivity contribution in [3.8, 4) is 5.75 Å². The summed E-state index contributed by atoms with van der Waals surface area (Å²) in [6, 6.07) is 10.8. The predicted molar refractivity (Wildman–Crippen MR) is 95.8 cm³/mol. The Morgan fingerprint density at radius 2 is 2.04 bits per heavy atom. The summed E-state index contributed by atoms with van der Waals surface area (Å²) in [5.41, 5.74) is 0.991. The van der Waals surface area contributed by atoms with Gasteiger partial charge in [0.2, 0.25) is 5.91 Å². The average Bonchev–Trinajstić information content (AvgIpc) is 3.04. The minimum atomic E-state index is -0.724. The number of aryl methyl sites for hydroxylation is 1. The zero-order chi connectivity index (χ0) is 19.6. The highest BCUT2D eigenvalue weighted by atomic mass is 16.6. The quantitative estimate of drug-likeness (QED) is 0.264. The molecular weight excluding hydrogens is 352 g/mol. The van der Waals surface area contributed by atoms with Crippen molar-refractivity contribution < 1.29 is 24.0 Å². The second-order valence-electron chi connectivity index (χ2n) is 6.21. The number of nitro benzene ring substituents is 1. The lowest BCUT2D eigenvalue weighted by Gasteiger charge is -2.17. The molecule has 2 aromatic carbocycles. The van der Waals surface area contributed by atoms with Gasteiger partial charge in [0, 0.05) is 24.6 Å². The first kappa shape index (κ1) is 18.2. The van der Waals surface area contributed by atoms with E-state index in [1.54, 1.807) is 31.2 Å². The number of amides is 1. The van der Waals surface area contributed by atoms with Crippen molar-refractivity contribution in [1.82, 2.24) is 0 Å². The molecular formula is C19H16N2O6. The summed E-state index contributed by atoms with van der Waals surface area (Å²) in [7, 11) is 0. The Morgan fingerprint density at radius 3 is 2.74 bits per heavy atom. The van der Waals surface area contributed by atoms with Gasteiger partial charge in [-0.1, -0.05) is 18.2 Å². The molecule has 1 heterocycles. The SMILES string of the molecule is Cc1ccc(N2C[C@H](C(=O)Oc3ccccc3C=O)CC2=O)cc1[N+](=O)[O-]. The van der Waals surface area contributed by atoms with E-state index in [1.807, 2.05) is 0 Å².